The Morgan fingerprint density at radius 3 is 1.97 bits per heavy atom. The lowest BCUT2D eigenvalue weighted by Gasteiger charge is -2.04. The molecule has 0 fully saturated rings. The molecule has 3 aromatic rings. The lowest BCUT2D eigenvalue weighted by molar-refractivity contribution is 0.415. The second-order valence-electron chi connectivity index (χ2n) is 6.93. The predicted octanol–water partition coefficient (Wildman–Crippen LogP) is 6.03. The van der Waals surface area contributed by atoms with Gasteiger partial charge in [-0.1, -0.05) is 37.0 Å². The van der Waals surface area contributed by atoms with Crippen molar-refractivity contribution in [2.75, 3.05) is 7.11 Å². The monoisotopic (exact) mass is 400 g/mol. The van der Waals surface area contributed by atoms with E-state index < -0.39 is 11.6 Å². The van der Waals surface area contributed by atoms with Gasteiger partial charge in [-0.25, -0.2) is 8.78 Å². The van der Waals surface area contributed by atoms with Crippen LogP contribution >= 0.6 is 0 Å². The van der Waals surface area contributed by atoms with Gasteiger partial charge in [0.1, 0.15) is 17.4 Å². The van der Waals surface area contributed by atoms with Crippen LogP contribution in [0.5, 0.6) is 5.75 Å². The van der Waals surface area contributed by atoms with Crippen LogP contribution < -0.4 is 4.74 Å². The average Bonchev–Trinajstić information content (AvgIpc) is 2.74. The van der Waals surface area contributed by atoms with Gasteiger partial charge in [-0.3, -0.25) is 0 Å². The summed E-state index contributed by atoms with van der Waals surface area (Å²) in [5.74, 6) is 11.8. The van der Waals surface area contributed by atoms with Crippen molar-refractivity contribution in [3.63, 3.8) is 0 Å². The zero-order valence-corrected chi connectivity index (χ0v) is 17.3. The number of hydrogen-bond acceptors (Lipinski definition) is 1. The van der Waals surface area contributed by atoms with Gasteiger partial charge in [-0.05, 0) is 73.5 Å². The maximum atomic E-state index is 14.1. The lowest BCUT2D eigenvalue weighted by atomic mass is 10.0. The molecule has 3 rings (SSSR count). The first-order valence-electron chi connectivity index (χ1n) is 9.77. The topological polar surface area (TPSA) is 9.23 Å². The Labute approximate surface area is 176 Å². The smallest absolute Gasteiger partial charge is 0.130 e. The lowest BCUT2D eigenvalue weighted by Crippen LogP contribution is -1.96. The third kappa shape index (κ3) is 5.28. The summed E-state index contributed by atoms with van der Waals surface area (Å²) >= 11 is 0. The molecule has 0 spiro atoms. The highest BCUT2D eigenvalue weighted by Gasteiger charge is 2.09. The molecule has 1 nitrogen and oxygen atoms in total. The zero-order valence-electron chi connectivity index (χ0n) is 17.3. The summed E-state index contributed by atoms with van der Waals surface area (Å²) in [5, 5.41) is 0. The third-order valence-corrected chi connectivity index (χ3v) is 4.65. The molecule has 0 aliphatic rings. The molecule has 0 radical (unpaired) electrons. The third-order valence-electron chi connectivity index (χ3n) is 4.65. The van der Waals surface area contributed by atoms with Gasteiger partial charge < -0.3 is 4.74 Å². The summed E-state index contributed by atoms with van der Waals surface area (Å²) < 4.78 is 33.3. The fourth-order valence-corrected chi connectivity index (χ4v) is 3.00. The fraction of sp³-hybridized carbons (Fsp3) is 0.185. The van der Waals surface area contributed by atoms with Crippen LogP contribution in [0.4, 0.5) is 8.78 Å². The molecule has 0 atom stereocenters. The highest BCUT2D eigenvalue weighted by molar-refractivity contribution is 5.52. The zero-order chi connectivity index (χ0) is 21.5. The minimum absolute atomic E-state index is 0.124. The average molecular weight is 400 g/mol. The molecule has 0 aliphatic carbocycles. The molecule has 0 aromatic heterocycles. The maximum Gasteiger partial charge on any atom is 0.130 e. The largest absolute Gasteiger partial charge is 0.497 e. The maximum absolute atomic E-state index is 14.1. The van der Waals surface area contributed by atoms with Crippen molar-refractivity contribution in [2.45, 2.75) is 26.7 Å². The van der Waals surface area contributed by atoms with Crippen molar-refractivity contribution in [3.05, 3.63) is 99.6 Å². The van der Waals surface area contributed by atoms with Gasteiger partial charge in [0, 0.05) is 27.8 Å². The van der Waals surface area contributed by atoms with Crippen LogP contribution in [0.3, 0.4) is 0 Å². The van der Waals surface area contributed by atoms with Crippen molar-refractivity contribution in [2.24, 2.45) is 0 Å². The number of ether oxygens (including phenoxy) is 1. The minimum Gasteiger partial charge on any atom is -0.497 e. The number of aryl methyl sites for hydroxylation is 1. The summed E-state index contributed by atoms with van der Waals surface area (Å²) in [5.41, 5.74) is 4.00. The molecule has 0 amide bonds. The Morgan fingerprint density at radius 2 is 1.37 bits per heavy atom. The summed E-state index contributed by atoms with van der Waals surface area (Å²) in [6.45, 7) is 3.85. The van der Waals surface area contributed by atoms with Crippen molar-refractivity contribution in [1.82, 2.24) is 0 Å². The molecule has 0 saturated heterocycles. The molecule has 3 aromatic carbocycles. The number of rotatable bonds is 3. The van der Waals surface area contributed by atoms with E-state index in [1.54, 1.807) is 7.11 Å². The predicted molar refractivity (Wildman–Crippen MR) is 116 cm³/mol. The van der Waals surface area contributed by atoms with Crippen LogP contribution in [0.1, 0.15) is 46.7 Å². The first kappa shape index (κ1) is 21.2. The second-order valence-corrected chi connectivity index (χ2v) is 6.93. The molecular formula is C27H22F2O. The summed E-state index contributed by atoms with van der Waals surface area (Å²) in [4.78, 5) is 0. The SMILES string of the molecule is CCCc1c(F)cc(C#Cc2ccc(C#Cc3ccc(OC)cc3)c(C)c2)cc1F. The molecule has 0 aliphatic heterocycles. The second kappa shape index (κ2) is 9.77. The van der Waals surface area contributed by atoms with E-state index in [0.717, 1.165) is 28.0 Å². The fourth-order valence-electron chi connectivity index (χ4n) is 3.00. The molecule has 0 heterocycles. The molecule has 3 heteroatoms. The van der Waals surface area contributed by atoms with Crippen LogP contribution in [0, 0.1) is 42.2 Å². The summed E-state index contributed by atoms with van der Waals surface area (Å²) in [7, 11) is 1.63. The molecule has 0 unspecified atom stereocenters. The van der Waals surface area contributed by atoms with Crippen LogP contribution in [-0.2, 0) is 6.42 Å². The summed E-state index contributed by atoms with van der Waals surface area (Å²) in [6, 6.07) is 15.8. The van der Waals surface area contributed by atoms with Crippen molar-refractivity contribution in [1.29, 1.82) is 0 Å². The Kier molecular flexibility index (Phi) is 6.89. The van der Waals surface area contributed by atoms with Crippen molar-refractivity contribution >= 4 is 0 Å². The number of halogens is 2. The van der Waals surface area contributed by atoms with Gasteiger partial charge >= 0.3 is 0 Å². The quantitative estimate of drug-likeness (QED) is 0.488. The van der Waals surface area contributed by atoms with Gasteiger partial charge in [-0.15, -0.1) is 0 Å². The highest BCUT2D eigenvalue weighted by Crippen LogP contribution is 2.17. The molecule has 30 heavy (non-hydrogen) atoms. The van der Waals surface area contributed by atoms with E-state index in [9.17, 15) is 8.78 Å². The van der Waals surface area contributed by atoms with Crippen molar-refractivity contribution in [3.8, 4) is 29.4 Å². The first-order valence-corrected chi connectivity index (χ1v) is 9.77. The van der Waals surface area contributed by atoms with E-state index in [1.165, 1.54) is 12.1 Å². The van der Waals surface area contributed by atoms with Crippen LogP contribution in [0.25, 0.3) is 0 Å². The van der Waals surface area contributed by atoms with Crippen LogP contribution in [-0.4, -0.2) is 7.11 Å². The van der Waals surface area contributed by atoms with Crippen molar-refractivity contribution < 1.29 is 13.5 Å². The van der Waals surface area contributed by atoms with Crippen LogP contribution in [0.15, 0.2) is 54.6 Å². The van der Waals surface area contributed by atoms with Gasteiger partial charge in [0.2, 0.25) is 0 Å². The van der Waals surface area contributed by atoms with Gasteiger partial charge in [0.05, 0.1) is 7.11 Å². The first-order chi connectivity index (χ1) is 14.5. The Morgan fingerprint density at radius 1 is 0.767 bits per heavy atom. The van der Waals surface area contributed by atoms with E-state index in [-0.39, 0.29) is 5.56 Å². The molecule has 150 valence electrons. The highest BCUT2D eigenvalue weighted by atomic mass is 19.1. The molecule has 0 bridgehead atoms. The summed E-state index contributed by atoms with van der Waals surface area (Å²) in [6.07, 6.45) is 1.06. The normalized spacial score (nSPS) is 9.90. The van der Waals surface area contributed by atoms with Gasteiger partial charge in [0.25, 0.3) is 0 Å². The van der Waals surface area contributed by atoms with Gasteiger partial charge in [-0.2, -0.15) is 0 Å². The van der Waals surface area contributed by atoms with Gasteiger partial charge in [0.15, 0.2) is 0 Å². The molecule has 0 saturated carbocycles. The number of benzene rings is 3. The van der Waals surface area contributed by atoms with E-state index in [2.05, 4.69) is 23.7 Å². The standard InChI is InChI=1S/C27H22F2O/c1-4-5-25-26(28)17-22(18-27(25)29)7-6-21-9-13-23(19(2)16-21)12-8-20-10-14-24(30-3)15-11-20/h9-11,13-18H,4-5H2,1-3H3. The number of hydrogen-bond donors (Lipinski definition) is 0. The molecular weight excluding hydrogens is 378 g/mol. The Hall–Kier alpha value is -3.56. The minimum atomic E-state index is -0.540. The molecule has 0 N–H and O–H groups in total. The van der Waals surface area contributed by atoms with E-state index in [4.69, 9.17) is 4.74 Å². The van der Waals surface area contributed by atoms with E-state index >= 15 is 0 Å². The number of methoxy groups -OCH3 is 1. The van der Waals surface area contributed by atoms with E-state index in [0.29, 0.717) is 18.4 Å². The Bertz CT molecular complexity index is 1150. The van der Waals surface area contributed by atoms with E-state index in [1.807, 2.05) is 56.3 Å². The Balaban J connectivity index is 1.79. The van der Waals surface area contributed by atoms with Crippen LogP contribution in [0.2, 0.25) is 0 Å².